The van der Waals surface area contributed by atoms with Crippen LogP contribution in [-0.4, -0.2) is 28.2 Å². The van der Waals surface area contributed by atoms with E-state index in [-0.39, 0.29) is 7.83 Å². The lowest BCUT2D eigenvalue weighted by atomic mass is 10.5. The van der Waals surface area contributed by atoms with E-state index in [2.05, 4.69) is 0 Å². The standard InChI is InChI=1S/2C3H5O.Mg/c2*1-2-3-4;/h2*2H2,1H3;. The zero-order chi connectivity index (χ0) is 7.28. The second kappa shape index (κ2) is 4.94. The SMILES string of the molecule is CC[C](=O)[Mg][C](=O)CC. The van der Waals surface area contributed by atoms with Crippen molar-refractivity contribution in [3.8, 4) is 0 Å². The highest BCUT2D eigenvalue weighted by molar-refractivity contribution is 6.97. The first-order valence-electron chi connectivity index (χ1n) is 3.24. The molecule has 0 N–H and O–H groups in total. The monoisotopic (exact) mass is 138 g/mol. The first kappa shape index (κ1) is 9.11. The van der Waals surface area contributed by atoms with Gasteiger partial charge in [-0.15, -0.1) is 0 Å². The smallest absolute Gasteiger partial charge is 0.335 e. The van der Waals surface area contributed by atoms with E-state index in [0.717, 1.165) is 0 Å². The van der Waals surface area contributed by atoms with Gasteiger partial charge < -0.3 is 9.59 Å². The van der Waals surface area contributed by atoms with Gasteiger partial charge in [-0.25, -0.2) is 0 Å². The maximum Gasteiger partial charge on any atom is 0.566 e. The molecule has 0 aliphatic carbocycles. The molecule has 0 rings (SSSR count). The van der Waals surface area contributed by atoms with Crippen molar-refractivity contribution in [3.05, 3.63) is 0 Å². The molecule has 0 aromatic rings. The first-order valence-corrected chi connectivity index (χ1v) is 4.65. The summed E-state index contributed by atoms with van der Waals surface area (Å²) < 4.78 is 0.365. The average molecular weight is 138 g/mol. The lowest BCUT2D eigenvalue weighted by Gasteiger charge is -1.89. The van der Waals surface area contributed by atoms with E-state index in [4.69, 9.17) is 0 Å². The minimum Gasteiger partial charge on any atom is -0.335 e. The summed E-state index contributed by atoms with van der Waals surface area (Å²) in [7, 11) is 0. The van der Waals surface area contributed by atoms with Gasteiger partial charge in [-0.3, -0.25) is 0 Å². The summed E-state index contributed by atoms with van der Waals surface area (Å²) in [4.78, 5) is 21.2. The van der Waals surface area contributed by atoms with Crippen molar-refractivity contribution in [1.29, 1.82) is 0 Å². The molecule has 0 aliphatic heterocycles. The quantitative estimate of drug-likeness (QED) is 0.532. The van der Waals surface area contributed by atoms with Crippen LogP contribution >= 0.6 is 0 Å². The Balaban J connectivity index is 3.47. The summed E-state index contributed by atoms with van der Waals surface area (Å²) in [5, 5.41) is 0. The summed E-state index contributed by atoms with van der Waals surface area (Å²) in [5.41, 5.74) is 0. The number of carbonyl (C=O) groups is 2. The molecule has 0 heterocycles. The average Bonchev–Trinajstić information content (AvgIpc) is 1.87. The van der Waals surface area contributed by atoms with Crippen molar-refractivity contribution in [2.75, 3.05) is 0 Å². The predicted octanol–water partition coefficient (Wildman–Crippen LogP) is 0.564. The van der Waals surface area contributed by atoms with Crippen molar-refractivity contribution < 1.29 is 9.59 Å². The van der Waals surface area contributed by atoms with Crippen LogP contribution in [0.2, 0.25) is 0 Å². The lowest BCUT2D eigenvalue weighted by Crippen LogP contribution is -2.17. The Morgan fingerprint density at radius 1 is 1.11 bits per heavy atom. The van der Waals surface area contributed by atoms with Crippen LogP contribution in [-0.2, 0) is 9.59 Å². The van der Waals surface area contributed by atoms with Gasteiger partial charge in [-0.1, -0.05) is 13.8 Å². The molecule has 3 heteroatoms. The molecule has 0 spiro atoms. The molecule has 0 saturated heterocycles. The minimum absolute atomic E-state index is 0.182. The van der Waals surface area contributed by atoms with Gasteiger partial charge in [0, 0.05) is 7.83 Å². The van der Waals surface area contributed by atoms with Gasteiger partial charge >= 0.3 is 20.4 Å². The summed E-state index contributed by atoms with van der Waals surface area (Å²) in [5.74, 6) is 0. The normalized spacial score (nSPS) is 8.22. The third-order valence-corrected chi connectivity index (χ3v) is 2.97. The first-order chi connectivity index (χ1) is 4.20. The molecule has 0 fully saturated rings. The number of rotatable bonds is 4. The number of hydrogen-bond donors (Lipinski definition) is 0. The largest absolute Gasteiger partial charge is 0.566 e. The molecule has 9 heavy (non-hydrogen) atoms. The molecule has 0 aliphatic rings. The van der Waals surface area contributed by atoms with Gasteiger partial charge in [-0.2, -0.15) is 0 Å². The third-order valence-electron chi connectivity index (χ3n) is 1.18. The van der Waals surface area contributed by atoms with Crippen LogP contribution in [0.25, 0.3) is 0 Å². The summed E-state index contributed by atoms with van der Waals surface area (Å²) >= 11 is -1.02. The zero-order valence-electron chi connectivity index (χ0n) is 5.94. The van der Waals surface area contributed by atoms with E-state index in [1.54, 1.807) is 13.8 Å². The molecule has 0 aromatic carbocycles. The molecule has 0 amide bonds. The van der Waals surface area contributed by atoms with Crippen molar-refractivity contribution in [1.82, 2.24) is 0 Å². The fourth-order valence-electron chi connectivity index (χ4n) is 0.470. The number of carbonyl (C=O) groups excluding carboxylic acids is 2. The van der Waals surface area contributed by atoms with Crippen LogP contribution in [0.4, 0.5) is 0 Å². The molecule has 0 aromatic heterocycles. The number of hydrogen-bond acceptors (Lipinski definition) is 2. The van der Waals surface area contributed by atoms with E-state index in [9.17, 15) is 9.59 Å². The highest BCUT2D eigenvalue weighted by Crippen LogP contribution is 1.82. The van der Waals surface area contributed by atoms with Gasteiger partial charge in [0.15, 0.2) is 0 Å². The Morgan fingerprint density at radius 2 is 1.44 bits per heavy atom. The maximum absolute atomic E-state index is 10.6. The van der Waals surface area contributed by atoms with Crippen molar-refractivity contribution in [2.45, 2.75) is 26.7 Å². The van der Waals surface area contributed by atoms with Crippen LogP contribution < -0.4 is 0 Å². The molecule has 0 atom stereocenters. The van der Waals surface area contributed by atoms with Gasteiger partial charge in [0.1, 0.15) is 0 Å². The van der Waals surface area contributed by atoms with Crippen LogP contribution in [0, 0.1) is 0 Å². The minimum atomic E-state index is -1.02. The lowest BCUT2D eigenvalue weighted by molar-refractivity contribution is -0.114. The van der Waals surface area contributed by atoms with E-state index < -0.39 is 20.4 Å². The van der Waals surface area contributed by atoms with Crippen LogP contribution in [0.5, 0.6) is 0 Å². The second-order valence-corrected chi connectivity index (χ2v) is 3.89. The third kappa shape index (κ3) is 4.60. The summed E-state index contributed by atoms with van der Waals surface area (Å²) in [6.45, 7) is 3.61. The maximum atomic E-state index is 10.6. The van der Waals surface area contributed by atoms with E-state index in [0.29, 0.717) is 12.8 Å². The fourth-order valence-corrected chi connectivity index (χ4v) is 1.41. The van der Waals surface area contributed by atoms with Gasteiger partial charge in [-0.05, 0) is 12.8 Å². The Kier molecular flexibility index (Phi) is 4.99. The van der Waals surface area contributed by atoms with Gasteiger partial charge in [0.25, 0.3) is 0 Å². The molecule has 0 unspecified atom stereocenters. The van der Waals surface area contributed by atoms with Crippen LogP contribution in [0.15, 0.2) is 0 Å². The predicted molar refractivity (Wildman–Crippen MR) is 36.4 cm³/mol. The summed E-state index contributed by atoms with van der Waals surface area (Å²) in [6.07, 6.45) is 1.08. The van der Waals surface area contributed by atoms with Crippen LogP contribution in [0.1, 0.15) is 26.7 Å². The van der Waals surface area contributed by atoms with Crippen molar-refractivity contribution in [3.63, 3.8) is 0 Å². The zero-order valence-corrected chi connectivity index (χ0v) is 7.35. The molecular formula is C6H10MgO2. The summed E-state index contributed by atoms with van der Waals surface area (Å²) in [6, 6.07) is 0. The molecule has 0 bridgehead atoms. The van der Waals surface area contributed by atoms with Gasteiger partial charge in [0.05, 0.1) is 0 Å². The molecule has 0 saturated carbocycles. The highest BCUT2D eigenvalue weighted by atomic mass is 24.5. The Hall–Kier alpha value is 0.106. The Labute approximate surface area is 64.7 Å². The van der Waals surface area contributed by atoms with Crippen LogP contribution in [0.3, 0.4) is 0 Å². The Morgan fingerprint density at radius 3 is 1.67 bits per heavy atom. The van der Waals surface area contributed by atoms with E-state index in [1.165, 1.54) is 0 Å². The molecule has 0 radical (unpaired) electrons. The van der Waals surface area contributed by atoms with E-state index >= 15 is 0 Å². The Bertz CT molecular complexity index is 106. The second-order valence-electron chi connectivity index (χ2n) is 1.96. The van der Waals surface area contributed by atoms with E-state index in [1.807, 2.05) is 0 Å². The highest BCUT2D eigenvalue weighted by Gasteiger charge is 2.11. The topological polar surface area (TPSA) is 34.1 Å². The van der Waals surface area contributed by atoms with Crippen molar-refractivity contribution in [2.24, 2.45) is 0 Å². The molecular weight excluding hydrogens is 128 g/mol. The molecule has 2 nitrogen and oxygen atoms in total. The fraction of sp³-hybridized carbons (Fsp3) is 0.667. The molecule has 48 valence electrons. The van der Waals surface area contributed by atoms with Gasteiger partial charge in [0.2, 0.25) is 0 Å². The van der Waals surface area contributed by atoms with Crippen molar-refractivity contribution >= 4 is 28.2 Å².